The van der Waals surface area contributed by atoms with Gasteiger partial charge in [-0.1, -0.05) is 12.1 Å². The van der Waals surface area contributed by atoms with Crippen LogP contribution in [0.2, 0.25) is 0 Å². The first-order chi connectivity index (χ1) is 7.90. The number of halogens is 1. The molecule has 1 N–H and O–H groups in total. The van der Waals surface area contributed by atoms with Gasteiger partial charge < -0.3 is 9.84 Å². The molecule has 0 spiro atoms. The Balaban J connectivity index is 3.18. The lowest BCUT2D eigenvalue weighted by Gasteiger charge is -2.24. The Morgan fingerprint density at radius 2 is 1.88 bits per heavy atom. The molecule has 92 valence electrons. The second kappa shape index (κ2) is 5.05. The van der Waals surface area contributed by atoms with E-state index in [4.69, 9.17) is 0 Å². The van der Waals surface area contributed by atoms with Gasteiger partial charge in [0.15, 0.2) is 5.60 Å². The molecule has 0 aromatic heterocycles. The van der Waals surface area contributed by atoms with Gasteiger partial charge in [-0.3, -0.25) is 4.79 Å². The zero-order valence-corrected chi connectivity index (χ0v) is 9.57. The van der Waals surface area contributed by atoms with Crippen molar-refractivity contribution in [1.82, 2.24) is 0 Å². The average molecular weight is 240 g/mol. The third kappa shape index (κ3) is 2.88. The van der Waals surface area contributed by atoms with E-state index >= 15 is 0 Å². The van der Waals surface area contributed by atoms with Crippen LogP contribution in [0.1, 0.15) is 18.9 Å². The number of aliphatic hydroxyl groups is 1. The van der Waals surface area contributed by atoms with Crippen molar-refractivity contribution >= 4 is 11.8 Å². The fraction of sp³-hybridized carbons (Fsp3) is 0.333. The zero-order valence-electron chi connectivity index (χ0n) is 9.57. The quantitative estimate of drug-likeness (QED) is 0.802. The first-order valence-corrected chi connectivity index (χ1v) is 4.96. The molecular weight excluding hydrogens is 227 g/mol. The van der Waals surface area contributed by atoms with Crippen LogP contribution in [0.5, 0.6) is 0 Å². The maximum atomic E-state index is 12.8. The second-order valence-electron chi connectivity index (χ2n) is 3.74. The lowest BCUT2D eigenvalue weighted by Crippen LogP contribution is -2.38. The molecule has 0 amide bonds. The van der Waals surface area contributed by atoms with Crippen molar-refractivity contribution in [3.05, 3.63) is 35.6 Å². The molecule has 0 fully saturated rings. The van der Waals surface area contributed by atoms with Gasteiger partial charge in [-0.25, -0.2) is 9.18 Å². The lowest BCUT2D eigenvalue weighted by molar-refractivity contribution is -0.166. The highest BCUT2D eigenvalue weighted by atomic mass is 19.1. The fourth-order valence-electron chi connectivity index (χ4n) is 1.55. The minimum atomic E-state index is -2.06. The number of ether oxygens (including phenoxy) is 1. The van der Waals surface area contributed by atoms with Crippen molar-refractivity contribution in [2.24, 2.45) is 0 Å². The number of carbonyl (C=O) groups is 2. The molecule has 0 saturated carbocycles. The number of benzene rings is 1. The number of Topliss-reactive ketones (excluding diaryl/α,β-unsaturated/α-hetero) is 1. The highest BCUT2D eigenvalue weighted by Crippen LogP contribution is 2.27. The maximum Gasteiger partial charge on any atom is 0.343 e. The molecular formula is C12H13FO4. The SMILES string of the molecule is COC(=O)[C@@](O)(CC(C)=O)c1ccc(F)cc1. The normalized spacial score (nSPS) is 13.9. The molecule has 4 nitrogen and oxygen atoms in total. The van der Waals surface area contributed by atoms with Gasteiger partial charge in [-0.15, -0.1) is 0 Å². The van der Waals surface area contributed by atoms with E-state index in [9.17, 15) is 19.1 Å². The molecule has 1 aromatic carbocycles. The molecule has 1 aromatic rings. The smallest absolute Gasteiger partial charge is 0.343 e. The number of methoxy groups -OCH3 is 1. The van der Waals surface area contributed by atoms with Crippen LogP contribution in [0.15, 0.2) is 24.3 Å². The van der Waals surface area contributed by atoms with Crippen molar-refractivity contribution in [2.45, 2.75) is 18.9 Å². The minimum absolute atomic E-state index is 0.126. The van der Waals surface area contributed by atoms with E-state index in [1.807, 2.05) is 0 Å². The van der Waals surface area contributed by atoms with Crippen LogP contribution in [0, 0.1) is 5.82 Å². The topological polar surface area (TPSA) is 63.6 Å². The van der Waals surface area contributed by atoms with Crippen LogP contribution < -0.4 is 0 Å². The van der Waals surface area contributed by atoms with Crippen molar-refractivity contribution in [3.8, 4) is 0 Å². The summed E-state index contributed by atoms with van der Waals surface area (Å²) >= 11 is 0. The summed E-state index contributed by atoms with van der Waals surface area (Å²) in [6.45, 7) is 1.25. The number of hydrogen-bond donors (Lipinski definition) is 1. The predicted octanol–water partition coefficient (Wildman–Crippen LogP) is 1.17. The van der Waals surface area contributed by atoms with E-state index in [2.05, 4.69) is 4.74 Å². The molecule has 0 saturated heterocycles. The Morgan fingerprint density at radius 1 is 1.35 bits per heavy atom. The monoisotopic (exact) mass is 240 g/mol. The summed E-state index contributed by atoms with van der Waals surface area (Å²) in [6.07, 6.45) is -0.411. The first kappa shape index (κ1) is 13.3. The van der Waals surface area contributed by atoms with Gasteiger partial charge in [0.1, 0.15) is 11.6 Å². The Kier molecular flexibility index (Phi) is 3.96. The van der Waals surface area contributed by atoms with Crippen LogP contribution in [0.4, 0.5) is 4.39 Å². The molecule has 5 heteroatoms. The molecule has 0 aliphatic heterocycles. The summed E-state index contributed by atoms with van der Waals surface area (Å²) in [5.41, 5.74) is -1.94. The molecule has 1 rings (SSSR count). The van der Waals surface area contributed by atoms with Crippen LogP contribution in [0.25, 0.3) is 0 Å². The van der Waals surface area contributed by atoms with E-state index in [0.717, 1.165) is 19.2 Å². The highest BCUT2D eigenvalue weighted by Gasteiger charge is 2.40. The third-order valence-electron chi connectivity index (χ3n) is 2.35. The minimum Gasteiger partial charge on any atom is -0.467 e. The van der Waals surface area contributed by atoms with E-state index in [1.54, 1.807) is 0 Å². The van der Waals surface area contributed by atoms with Gasteiger partial charge in [-0.05, 0) is 24.6 Å². The summed E-state index contributed by atoms with van der Waals surface area (Å²) in [6, 6.07) is 4.69. The largest absolute Gasteiger partial charge is 0.467 e. The summed E-state index contributed by atoms with van der Waals surface area (Å²) < 4.78 is 17.2. The Labute approximate surface area is 98.0 Å². The predicted molar refractivity (Wildman–Crippen MR) is 57.6 cm³/mol. The number of rotatable bonds is 4. The standard InChI is InChI=1S/C12H13FO4/c1-8(14)7-12(16,11(15)17-2)9-3-5-10(13)6-4-9/h3-6,16H,7H2,1-2H3/t12-/m1/s1. The Bertz CT molecular complexity index is 427. The van der Waals surface area contributed by atoms with E-state index < -0.39 is 23.8 Å². The average Bonchev–Trinajstić information content (AvgIpc) is 2.27. The van der Waals surface area contributed by atoms with E-state index in [-0.39, 0.29) is 11.3 Å². The van der Waals surface area contributed by atoms with E-state index in [0.29, 0.717) is 0 Å². The van der Waals surface area contributed by atoms with Gasteiger partial charge in [0, 0.05) is 6.42 Å². The molecule has 0 bridgehead atoms. The van der Waals surface area contributed by atoms with Crippen LogP contribution >= 0.6 is 0 Å². The van der Waals surface area contributed by atoms with E-state index in [1.165, 1.54) is 19.1 Å². The van der Waals surface area contributed by atoms with Gasteiger partial charge >= 0.3 is 5.97 Å². The van der Waals surface area contributed by atoms with Crippen molar-refractivity contribution in [2.75, 3.05) is 7.11 Å². The number of esters is 1. The molecule has 1 atom stereocenters. The summed E-state index contributed by atoms with van der Waals surface area (Å²) in [7, 11) is 1.11. The van der Waals surface area contributed by atoms with Gasteiger partial charge in [0.2, 0.25) is 0 Å². The first-order valence-electron chi connectivity index (χ1n) is 4.96. The third-order valence-corrected chi connectivity index (χ3v) is 2.35. The van der Waals surface area contributed by atoms with Gasteiger partial charge in [-0.2, -0.15) is 0 Å². The Morgan fingerprint density at radius 3 is 2.29 bits per heavy atom. The second-order valence-corrected chi connectivity index (χ2v) is 3.74. The Hall–Kier alpha value is -1.75. The van der Waals surface area contributed by atoms with Crippen LogP contribution in [-0.4, -0.2) is 24.0 Å². The van der Waals surface area contributed by atoms with Crippen LogP contribution in [-0.2, 0) is 19.9 Å². The number of ketones is 1. The molecule has 0 heterocycles. The molecule has 0 unspecified atom stereocenters. The highest BCUT2D eigenvalue weighted by molar-refractivity contribution is 5.88. The number of carbonyl (C=O) groups excluding carboxylic acids is 2. The number of hydrogen-bond acceptors (Lipinski definition) is 4. The van der Waals surface area contributed by atoms with Gasteiger partial charge in [0.25, 0.3) is 0 Å². The molecule has 0 aliphatic carbocycles. The van der Waals surface area contributed by atoms with Crippen molar-refractivity contribution in [3.63, 3.8) is 0 Å². The van der Waals surface area contributed by atoms with Crippen molar-refractivity contribution in [1.29, 1.82) is 0 Å². The van der Waals surface area contributed by atoms with Crippen LogP contribution in [0.3, 0.4) is 0 Å². The fourth-order valence-corrected chi connectivity index (χ4v) is 1.55. The summed E-state index contributed by atoms with van der Waals surface area (Å²) in [5, 5.41) is 10.2. The van der Waals surface area contributed by atoms with Crippen molar-refractivity contribution < 1.29 is 23.8 Å². The summed E-state index contributed by atoms with van der Waals surface area (Å²) in [5.74, 6) is -1.81. The van der Waals surface area contributed by atoms with Gasteiger partial charge in [0.05, 0.1) is 7.11 Å². The maximum absolute atomic E-state index is 12.8. The molecule has 17 heavy (non-hydrogen) atoms. The molecule has 0 aliphatic rings. The summed E-state index contributed by atoms with van der Waals surface area (Å²) in [4.78, 5) is 22.6. The lowest BCUT2D eigenvalue weighted by atomic mass is 9.89. The molecule has 0 radical (unpaired) electrons. The zero-order chi connectivity index (χ0) is 13.1.